The zero-order valence-electron chi connectivity index (χ0n) is 19.4. The number of hydrogen-bond donors (Lipinski definition) is 1. The lowest BCUT2D eigenvalue weighted by molar-refractivity contribution is -0.141. The lowest BCUT2D eigenvalue weighted by atomic mass is 10.0. The second-order valence-corrected chi connectivity index (χ2v) is 9.78. The van der Waals surface area contributed by atoms with Crippen LogP contribution in [0.5, 0.6) is 5.75 Å². The summed E-state index contributed by atoms with van der Waals surface area (Å²) in [6.45, 7) is 2.47. The summed E-state index contributed by atoms with van der Waals surface area (Å²) < 4.78 is 44.8. The van der Waals surface area contributed by atoms with Gasteiger partial charge in [0.1, 0.15) is 17.6 Å². The fourth-order valence-corrected chi connectivity index (χ4v) is 4.98. The molecule has 0 aromatic heterocycles. The van der Waals surface area contributed by atoms with E-state index in [0.29, 0.717) is 30.5 Å². The summed E-state index contributed by atoms with van der Waals surface area (Å²) in [5.41, 5.74) is 1.17. The van der Waals surface area contributed by atoms with Crippen LogP contribution in [0.3, 0.4) is 0 Å². The van der Waals surface area contributed by atoms with Crippen LogP contribution in [-0.4, -0.2) is 54.4 Å². The Morgan fingerprint density at radius 2 is 1.94 bits per heavy atom. The Kier molecular flexibility index (Phi) is 8.43. The Morgan fingerprint density at radius 1 is 1.24 bits per heavy atom. The van der Waals surface area contributed by atoms with Gasteiger partial charge in [-0.15, -0.1) is 0 Å². The molecule has 4 rings (SSSR count). The maximum atomic E-state index is 13.9. The van der Waals surface area contributed by atoms with Crippen molar-refractivity contribution in [2.24, 2.45) is 11.8 Å². The highest BCUT2D eigenvalue weighted by molar-refractivity contribution is 5.76. The van der Waals surface area contributed by atoms with Gasteiger partial charge in [0.05, 0.1) is 18.7 Å². The van der Waals surface area contributed by atoms with Crippen molar-refractivity contribution in [2.75, 3.05) is 20.2 Å². The van der Waals surface area contributed by atoms with Gasteiger partial charge in [-0.25, -0.2) is 13.2 Å². The fourth-order valence-electron chi connectivity index (χ4n) is 4.98. The molecule has 1 aromatic carbocycles. The van der Waals surface area contributed by atoms with E-state index in [0.717, 1.165) is 29.2 Å². The minimum atomic E-state index is -2.84. The Balaban J connectivity index is 0.000000235. The number of likely N-dealkylation sites (tertiary alicyclic amines) is 1. The molecule has 1 aliphatic heterocycles. The normalized spacial score (nSPS) is 26.5. The number of halogens is 3. The molecular weight excluding hydrogens is 435 g/mol. The third-order valence-corrected chi connectivity index (χ3v) is 6.88. The molecule has 5 nitrogen and oxygen atoms in total. The van der Waals surface area contributed by atoms with Crippen LogP contribution in [0, 0.1) is 17.7 Å². The van der Waals surface area contributed by atoms with Crippen LogP contribution < -0.4 is 4.74 Å². The van der Waals surface area contributed by atoms with Crippen molar-refractivity contribution in [1.29, 1.82) is 0 Å². The standard InChI is InChI=1S/C19H25FO2.C6H9F2NO2/c1-2-3-13-4-5-14(8-13)12-22-19-10-18(20)16(11-21)9-17(19)15-6-7-15;1-9-3-6(7,8)2-4(9)5(10)11/h9-11,13-15H,2-8,12H2,1H3;4H,2-3H2,1H3,(H,10,11). The predicted molar refractivity (Wildman–Crippen MR) is 119 cm³/mol. The van der Waals surface area contributed by atoms with Gasteiger partial charge in [0.2, 0.25) is 0 Å². The molecule has 33 heavy (non-hydrogen) atoms. The third kappa shape index (κ3) is 6.95. The number of carboxylic acids is 1. The molecule has 1 saturated heterocycles. The summed E-state index contributed by atoms with van der Waals surface area (Å²) in [6.07, 6.45) is 8.57. The maximum Gasteiger partial charge on any atom is 0.321 e. The molecule has 3 aliphatic rings. The molecule has 1 heterocycles. The van der Waals surface area contributed by atoms with Crippen molar-refractivity contribution in [3.05, 3.63) is 29.1 Å². The molecule has 3 atom stereocenters. The number of aldehydes is 1. The first-order valence-electron chi connectivity index (χ1n) is 11.9. The number of benzene rings is 1. The minimum absolute atomic E-state index is 0.151. The molecule has 8 heteroatoms. The number of hydrogen-bond acceptors (Lipinski definition) is 4. The number of ether oxygens (including phenoxy) is 1. The van der Waals surface area contributed by atoms with Crippen molar-refractivity contribution in [1.82, 2.24) is 4.90 Å². The van der Waals surface area contributed by atoms with E-state index in [1.54, 1.807) is 6.07 Å². The van der Waals surface area contributed by atoms with Gasteiger partial charge < -0.3 is 9.84 Å². The maximum absolute atomic E-state index is 13.9. The highest BCUT2D eigenvalue weighted by atomic mass is 19.3. The second kappa shape index (κ2) is 10.9. The first kappa shape index (κ1) is 25.5. The van der Waals surface area contributed by atoms with Crippen molar-refractivity contribution in [2.45, 2.75) is 76.2 Å². The second-order valence-electron chi connectivity index (χ2n) is 9.78. The monoisotopic (exact) mass is 469 g/mol. The zero-order valence-corrected chi connectivity index (χ0v) is 19.4. The van der Waals surface area contributed by atoms with Gasteiger partial charge in [0.15, 0.2) is 6.29 Å². The van der Waals surface area contributed by atoms with Crippen LogP contribution in [-0.2, 0) is 4.79 Å². The average Bonchev–Trinajstić information content (AvgIpc) is 3.42. The SMILES string of the molecule is CCCC1CCC(COc2cc(F)c(C=O)cc2C2CC2)C1.CN1CC(F)(F)CC1C(=O)O. The summed E-state index contributed by atoms with van der Waals surface area (Å²) in [5, 5.41) is 8.44. The molecule has 2 saturated carbocycles. The van der Waals surface area contributed by atoms with Crippen molar-refractivity contribution in [3.8, 4) is 5.75 Å². The van der Waals surface area contributed by atoms with Crippen LogP contribution in [0.2, 0.25) is 0 Å². The van der Waals surface area contributed by atoms with E-state index in [-0.39, 0.29) is 5.56 Å². The summed E-state index contributed by atoms with van der Waals surface area (Å²) in [6, 6.07) is 2.07. The van der Waals surface area contributed by atoms with E-state index >= 15 is 0 Å². The first-order valence-corrected chi connectivity index (χ1v) is 11.9. The number of alkyl halides is 2. The Labute approximate surface area is 193 Å². The zero-order chi connectivity index (χ0) is 24.2. The topological polar surface area (TPSA) is 66.8 Å². The molecule has 184 valence electrons. The quantitative estimate of drug-likeness (QED) is 0.508. The van der Waals surface area contributed by atoms with Gasteiger partial charge in [0.25, 0.3) is 5.92 Å². The van der Waals surface area contributed by atoms with Gasteiger partial charge in [0, 0.05) is 12.5 Å². The molecule has 3 fully saturated rings. The lowest BCUT2D eigenvalue weighted by Gasteiger charge is -2.16. The van der Waals surface area contributed by atoms with Gasteiger partial charge in [-0.2, -0.15) is 0 Å². The molecule has 2 aliphatic carbocycles. The number of aliphatic carboxylic acids is 1. The average molecular weight is 470 g/mol. The van der Waals surface area contributed by atoms with Crippen molar-refractivity contribution < 1.29 is 32.6 Å². The van der Waals surface area contributed by atoms with E-state index < -0.39 is 36.7 Å². The molecule has 1 N–H and O–H groups in total. The molecule has 0 amide bonds. The minimum Gasteiger partial charge on any atom is -0.493 e. The lowest BCUT2D eigenvalue weighted by Crippen LogP contribution is -2.32. The molecule has 0 spiro atoms. The fraction of sp³-hybridized carbons (Fsp3) is 0.680. The van der Waals surface area contributed by atoms with E-state index in [1.807, 2.05) is 0 Å². The smallest absolute Gasteiger partial charge is 0.321 e. The number of carboxylic acid groups (broad SMARTS) is 1. The Morgan fingerprint density at radius 3 is 2.45 bits per heavy atom. The Hall–Kier alpha value is -2.09. The Bertz CT molecular complexity index is 843. The predicted octanol–water partition coefficient (Wildman–Crippen LogP) is 5.52. The number of nitrogens with zero attached hydrogens (tertiary/aromatic N) is 1. The molecule has 1 aromatic rings. The summed E-state index contributed by atoms with van der Waals surface area (Å²) in [7, 11) is 1.39. The van der Waals surface area contributed by atoms with Gasteiger partial charge in [-0.1, -0.05) is 26.2 Å². The van der Waals surface area contributed by atoms with Crippen molar-refractivity contribution in [3.63, 3.8) is 0 Å². The molecule has 0 bridgehead atoms. The molecule has 0 radical (unpaired) electrons. The van der Waals surface area contributed by atoms with Crippen LogP contribution in [0.1, 0.15) is 80.1 Å². The van der Waals surface area contributed by atoms with Crippen LogP contribution >= 0.6 is 0 Å². The number of rotatable bonds is 8. The summed E-state index contributed by atoms with van der Waals surface area (Å²) >= 11 is 0. The summed E-state index contributed by atoms with van der Waals surface area (Å²) in [4.78, 5) is 22.4. The van der Waals surface area contributed by atoms with Gasteiger partial charge in [-0.05, 0) is 62.1 Å². The van der Waals surface area contributed by atoms with E-state index in [1.165, 1.54) is 45.2 Å². The highest BCUT2D eigenvalue weighted by Gasteiger charge is 2.46. The number of carbonyl (C=O) groups is 2. The number of carbonyl (C=O) groups excluding carboxylic acids is 1. The van der Waals surface area contributed by atoms with Crippen LogP contribution in [0.15, 0.2) is 12.1 Å². The van der Waals surface area contributed by atoms with Crippen LogP contribution in [0.4, 0.5) is 13.2 Å². The highest BCUT2D eigenvalue weighted by Crippen LogP contribution is 2.45. The molecule has 3 unspecified atom stereocenters. The van der Waals surface area contributed by atoms with Crippen LogP contribution in [0.25, 0.3) is 0 Å². The van der Waals surface area contributed by atoms with Crippen molar-refractivity contribution >= 4 is 12.3 Å². The molecular formula is C25H34F3NO4. The number of likely N-dealkylation sites (N-methyl/N-ethyl adjacent to an activating group) is 1. The van der Waals surface area contributed by atoms with Gasteiger partial charge in [-0.3, -0.25) is 14.5 Å². The third-order valence-electron chi connectivity index (χ3n) is 6.88. The largest absolute Gasteiger partial charge is 0.493 e. The first-order chi connectivity index (χ1) is 15.6. The van der Waals surface area contributed by atoms with E-state index in [4.69, 9.17) is 9.84 Å². The summed E-state index contributed by atoms with van der Waals surface area (Å²) in [5.74, 6) is -1.93. The van der Waals surface area contributed by atoms with E-state index in [9.17, 15) is 22.8 Å². The van der Waals surface area contributed by atoms with E-state index in [2.05, 4.69) is 6.92 Å². The van der Waals surface area contributed by atoms with Gasteiger partial charge >= 0.3 is 5.97 Å².